The number of aliphatic imine (C=N–C) groups is 1. The van der Waals surface area contributed by atoms with E-state index in [9.17, 15) is 0 Å². The molecule has 31 heavy (non-hydrogen) atoms. The number of hydrogen-bond donors (Lipinski definition) is 1. The maximum atomic E-state index is 6.30. The zero-order chi connectivity index (χ0) is 20.8. The molecule has 0 amide bonds. The van der Waals surface area contributed by atoms with Crippen LogP contribution in [0.4, 0.5) is 5.95 Å². The van der Waals surface area contributed by atoms with Crippen molar-refractivity contribution >= 4 is 47.5 Å². The quantitative estimate of drug-likeness (QED) is 0.355. The van der Waals surface area contributed by atoms with Crippen LogP contribution in [0.1, 0.15) is 18.4 Å². The van der Waals surface area contributed by atoms with E-state index in [0.717, 1.165) is 75.7 Å². The van der Waals surface area contributed by atoms with E-state index >= 15 is 0 Å². The summed E-state index contributed by atoms with van der Waals surface area (Å²) in [6, 6.07) is 10.1. The summed E-state index contributed by atoms with van der Waals surface area (Å²) in [5, 5.41) is 4.43. The summed E-state index contributed by atoms with van der Waals surface area (Å²) in [7, 11) is 1.85. The van der Waals surface area contributed by atoms with Gasteiger partial charge in [0.25, 0.3) is 0 Å². The lowest BCUT2D eigenvalue weighted by atomic mass is 9.74. The Labute approximate surface area is 206 Å². The van der Waals surface area contributed by atoms with Crippen LogP contribution in [-0.2, 0) is 10.2 Å². The predicted octanol–water partition coefficient (Wildman–Crippen LogP) is 3.19. The molecule has 7 nitrogen and oxygen atoms in total. The molecule has 2 aromatic rings. The van der Waals surface area contributed by atoms with Crippen LogP contribution < -0.4 is 10.2 Å². The van der Waals surface area contributed by atoms with Crippen molar-refractivity contribution in [3.05, 3.63) is 53.3 Å². The van der Waals surface area contributed by atoms with E-state index in [1.165, 1.54) is 5.56 Å². The fraction of sp³-hybridized carbons (Fsp3) is 0.500. The lowest BCUT2D eigenvalue weighted by Gasteiger charge is -2.40. The smallest absolute Gasteiger partial charge is 0.225 e. The number of nitrogens with one attached hydrogen (secondary N) is 1. The normalized spacial score (nSPS) is 19.0. The van der Waals surface area contributed by atoms with Crippen molar-refractivity contribution in [2.75, 3.05) is 57.9 Å². The highest BCUT2D eigenvalue weighted by molar-refractivity contribution is 14.0. The van der Waals surface area contributed by atoms with Crippen molar-refractivity contribution < 1.29 is 4.74 Å². The monoisotopic (exact) mass is 556 g/mol. The molecule has 0 atom stereocenters. The average molecular weight is 557 g/mol. The molecule has 0 saturated carbocycles. The summed E-state index contributed by atoms with van der Waals surface area (Å²) in [5.74, 6) is 1.73. The first-order valence-corrected chi connectivity index (χ1v) is 10.9. The molecule has 168 valence electrons. The number of rotatable bonds is 4. The molecule has 9 heteroatoms. The Morgan fingerprint density at radius 1 is 1.13 bits per heavy atom. The Bertz CT molecular complexity index is 854. The summed E-state index contributed by atoms with van der Waals surface area (Å²) in [6.07, 6.45) is 5.52. The Hall–Kier alpha value is -1.65. The molecule has 2 fully saturated rings. The summed E-state index contributed by atoms with van der Waals surface area (Å²) in [5.41, 5.74) is 1.27. The third-order valence-electron chi connectivity index (χ3n) is 6.10. The van der Waals surface area contributed by atoms with Crippen molar-refractivity contribution in [1.29, 1.82) is 0 Å². The van der Waals surface area contributed by atoms with Crippen molar-refractivity contribution in [2.24, 2.45) is 4.99 Å². The maximum absolute atomic E-state index is 6.30. The van der Waals surface area contributed by atoms with Crippen LogP contribution >= 0.6 is 35.6 Å². The topological polar surface area (TPSA) is 65.9 Å². The van der Waals surface area contributed by atoms with E-state index in [2.05, 4.69) is 42.2 Å². The van der Waals surface area contributed by atoms with E-state index in [1.54, 1.807) is 12.4 Å². The van der Waals surface area contributed by atoms with Gasteiger partial charge in [-0.25, -0.2) is 9.97 Å². The molecular weight excluding hydrogens is 527 g/mol. The van der Waals surface area contributed by atoms with Crippen LogP contribution in [0, 0.1) is 0 Å². The SMILES string of the molecule is CN=C(NCC1(c2cccc(Cl)c2)CCOCC1)N1CCN(c2ncccn2)CC1.I. The molecule has 1 aromatic carbocycles. The van der Waals surface area contributed by atoms with Crippen LogP contribution in [0.5, 0.6) is 0 Å². The van der Waals surface area contributed by atoms with Gasteiger partial charge in [-0.05, 0) is 36.6 Å². The van der Waals surface area contributed by atoms with Gasteiger partial charge in [-0.1, -0.05) is 23.7 Å². The van der Waals surface area contributed by atoms with Gasteiger partial charge in [0.1, 0.15) is 0 Å². The fourth-order valence-electron chi connectivity index (χ4n) is 4.30. The second-order valence-electron chi connectivity index (χ2n) is 7.83. The first-order valence-electron chi connectivity index (χ1n) is 10.5. The molecule has 2 aliphatic rings. The van der Waals surface area contributed by atoms with Gasteiger partial charge in [-0.15, -0.1) is 24.0 Å². The van der Waals surface area contributed by atoms with Gasteiger partial charge < -0.3 is 19.9 Å². The van der Waals surface area contributed by atoms with Crippen LogP contribution in [0.2, 0.25) is 5.02 Å². The third-order valence-corrected chi connectivity index (χ3v) is 6.33. The molecule has 0 radical (unpaired) electrons. The molecule has 0 unspecified atom stereocenters. The highest BCUT2D eigenvalue weighted by Crippen LogP contribution is 2.35. The second-order valence-corrected chi connectivity index (χ2v) is 8.26. The predicted molar refractivity (Wildman–Crippen MR) is 136 cm³/mol. The van der Waals surface area contributed by atoms with Gasteiger partial charge in [0, 0.05) is 75.8 Å². The minimum Gasteiger partial charge on any atom is -0.381 e. The number of piperazine rings is 1. The van der Waals surface area contributed by atoms with E-state index < -0.39 is 0 Å². The highest BCUT2D eigenvalue weighted by Gasteiger charge is 2.35. The summed E-state index contributed by atoms with van der Waals surface area (Å²) in [4.78, 5) is 17.8. The number of anilines is 1. The van der Waals surface area contributed by atoms with E-state index in [4.69, 9.17) is 16.3 Å². The fourth-order valence-corrected chi connectivity index (χ4v) is 4.49. The molecule has 3 heterocycles. The van der Waals surface area contributed by atoms with E-state index in [-0.39, 0.29) is 29.4 Å². The number of halogens is 2. The summed E-state index contributed by atoms with van der Waals surface area (Å²) < 4.78 is 5.66. The molecular formula is C22H30ClIN6O. The first kappa shape index (κ1) is 24.0. The molecule has 4 rings (SSSR count). The maximum Gasteiger partial charge on any atom is 0.225 e. The number of ether oxygens (including phenoxy) is 1. The minimum atomic E-state index is -0.00120. The van der Waals surface area contributed by atoms with Crippen molar-refractivity contribution in [2.45, 2.75) is 18.3 Å². The molecule has 0 aliphatic carbocycles. The summed E-state index contributed by atoms with van der Waals surface area (Å²) in [6.45, 7) is 5.85. The van der Waals surface area contributed by atoms with Crippen LogP contribution in [0.25, 0.3) is 0 Å². The third kappa shape index (κ3) is 5.78. The molecule has 0 bridgehead atoms. The van der Waals surface area contributed by atoms with Crippen molar-refractivity contribution in [3.8, 4) is 0 Å². The van der Waals surface area contributed by atoms with Crippen LogP contribution in [0.15, 0.2) is 47.7 Å². The summed E-state index contributed by atoms with van der Waals surface area (Å²) >= 11 is 6.30. The average Bonchev–Trinajstić information content (AvgIpc) is 2.81. The van der Waals surface area contributed by atoms with Crippen molar-refractivity contribution in [3.63, 3.8) is 0 Å². The molecule has 2 aliphatic heterocycles. The van der Waals surface area contributed by atoms with Gasteiger partial charge in [0.2, 0.25) is 5.95 Å². The van der Waals surface area contributed by atoms with E-state index in [0.29, 0.717) is 0 Å². The van der Waals surface area contributed by atoms with Crippen LogP contribution in [0.3, 0.4) is 0 Å². The van der Waals surface area contributed by atoms with E-state index in [1.807, 2.05) is 25.2 Å². The van der Waals surface area contributed by atoms with Gasteiger partial charge in [0.05, 0.1) is 0 Å². The Kier molecular flexibility index (Phi) is 8.74. The Morgan fingerprint density at radius 2 is 1.84 bits per heavy atom. The lowest BCUT2D eigenvalue weighted by Crippen LogP contribution is -2.55. The van der Waals surface area contributed by atoms with Gasteiger partial charge in [-0.2, -0.15) is 0 Å². The highest BCUT2D eigenvalue weighted by atomic mass is 127. The molecule has 0 spiro atoms. The standard InChI is InChI=1S/C22H29ClN6O.HI/c1-24-20(28-10-12-29(13-11-28)21-25-8-3-9-26-21)27-17-22(6-14-30-15-7-22)18-4-2-5-19(23)16-18;/h2-5,8-9,16H,6-7,10-15,17H2,1H3,(H,24,27);1H. The number of hydrogen-bond acceptors (Lipinski definition) is 5. The van der Waals surface area contributed by atoms with Gasteiger partial charge >= 0.3 is 0 Å². The second kappa shape index (κ2) is 11.3. The number of guanidine groups is 1. The number of benzene rings is 1. The lowest BCUT2D eigenvalue weighted by molar-refractivity contribution is 0.0511. The number of aromatic nitrogens is 2. The zero-order valence-corrected chi connectivity index (χ0v) is 20.9. The van der Waals surface area contributed by atoms with Gasteiger partial charge in [0.15, 0.2) is 5.96 Å². The molecule has 1 aromatic heterocycles. The first-order chi connectivity index (χ1) is 14.7. The Morgan fingerprint density at radius 3 is 2.48 bits per heavy atom. The number of nitrogens with zero attached hydrogens (tertiary/aromatic N) is 5. The minimum absolute atomic E-state index is 0. The van der Waals surface area contributed by atoms with Crippen LogP contribution in [-0.4, -0.2) is 73.8 Å². The molecule has 2 saturated heterocycles. The molecule has 1 N–H and O–H groups in total. The van der Waals surface area contributed by atoms with Gasteiger partial charge in [-0.3, -0.25) is 4.99 Å². The van der Waals surface area contributed by atoms with Crippen molar-refractivity contribution in [1.82, 2.24) is 20.2 Å². The zero-order valence-electron chi connectivity index (χ0n) is 17.8. The Balaban J connectivity index is 0.00000272. The largest absolute Gasteiger partial charge is 0.381 e.